The number of nitrogens with zero attached hydrogens (tertiary/aromatic N) is 1. The molecule has 1 aliphatic rings. The Balaban J connectivity index is 1.81. The van der Waals surface area contributed by atoms with E-state index in [2.05, 4.69) is 47.3 Å². The number of carbonyl (C=O) groups is 2. The van der Waals surface area contributed by atoms with Gasteiger partial charge in [-0.15, -0.1) is 6.58 Å². The van der Waals surface area contributed by atoms with Gasteiger partial charge in [-0.3, -0.25) is 14.5 Å². The Hall–Kier alpha value is -1.90. The lowest BCUT2D eigenvalue weighted by atomic mass is 9.65. The van der Waals surface area contributed by atoms with Crippen LogP contribution in [0.1, 0.15) is 81.0 Å². The summed E-state index contributed by atoms with van der Waals surface area (Å²) < 4.78 is 0. The van der Waals surface area contributed by atoms with Gasteiger partial charge in [-0.05, 0) is 41.7 Å². The fourth-order valence-corrected chi connectivity index (χ4v) is 3.43. The molecule has 0 spiro atoms. The number of rotatable bonds is 9. The van der Waals surface area contributed by atoms with E-state index in [0.717, 1.165) is 25.7 Å². The van der Waals surface area contributed by atoms with Crippen molar-refractivity contribution in [3.8, 4) is 0 Å². The fourth-order valence-electron chi connectivity index (χ4n) is 3.43. The number of allylic oxidation sites excluding steroid dienone is 1. The molecular weight excluding hydrogens is 322 g/mol. The second-order valence-electron chi connectivity index (χ2n) is 8.90. The summed E-state index contributed by atoms with van der Waals surface area (Å²) in [4.78, 5) is 26.2. The highest BCUT2D eigenvalue weighted by Crippen LogP contribution is 2.43. The Labute approximate surface area is 158 Å². The van der Waals surface area contributed by atoms with Gasteiger partial charge in [-0.1, -0.05) is 65.7 Å². The van der Waals surface area contributed by atoms with E-state index in [9.17, 15) is 9.59 Å². The van der Waals surface area contributed by atoms with Crippen LogP contribution in [0.5, 0.6) is 0 Å². The maximum atomic E-state index is 12.4. The summed E-state index contributed by atoms with van der Waals surface area (Å²) in [5.41, 5.74) is 1.39. The molecule has 1 unspecified atom stereocenters. The van der Waals surface area contributed by atoms with Crippen molar-refractivity contribution in [2.45, 2.75) is 60.3 Å². The number of carbonyl (C=O) groups excluding carboxylic acids is 2. The number of amides is 2. The molecule has 1 atom stereocenters. The van der Waals surface area contributed by atoms with Crippen molar-refractivity contribution < 1.29 is 9.59 Å². The van der Waals surface area contributed by atoms with Gasteiger partial charge in [0.2, 0.25) is 0 Å². The molecule has 0 saturated heterocycles. The van der Waals surface area contributed by atoms with E-state index in [1.807, 2.05) is 12.1 Å². The molecule has 0 saturated carbocycles. The standard InChI is InChI=1S/C23H33NO2/c1-7-22(3,4)23(5,6)15-10-11-17(2)14-16-24-20(25)18-12-8-9-13-19(18)21(24)26/h7-9,12-13,17H,1,10-11,14-16H2,2-6H3. The molecule has 2 rings (SSSR count). The van der Waals surface area contributed by atoms with Crippen molar-refractivity contribution in [3.63, 3.8) is 0 Å². The minimum absolute atomic E-state index is 0.108. The number of benzene rings is 1. The van der Waals surface area contributed by atoms with E-state index in [-0.39, 0.29) is 22.6 Å². The van der Waals surface area contributed by atoms with Crippen LogP contribution in [0.15, 0.2) is 36.9 Å². The molecule has 0 N–H and O–H groups in total. The number of fused-ring (bicyclic) bond motifs is 1. The smallest absolute Gasteiger partial charge is 0.261 e. The molecule has 1 aromatic rings. The minimum atomic E-state index is -0.147. The van der Waals surface area contributed by atoms with Gasteiger partial charge in [-0.2, -0.15) is 0 Å². The quantitative estimate of drug-likeness (QED) is 0.420. The Morgan fingerprint density at radius 1 is 1.04 bits per heavy atom. The van der Waals surface area contributed by atoms with Crippen molar-refractivity contribution in [1.82, 2.24) is 4.90 Å². The molecule has 0 bridgehead atoms. The zero-order chi connectivity index (χ0) is 19.5. The van der Waals surface area contributed by atoms with E-state index in [1.54, 1.807) is 12.1 Å². The van der Waals surface area contributed by atoms with E-state index < -0.39 is 0 Å². The molecular formula is C23H33NO2. The van der Waals surface area contributed by atoms with E-state index in [4.69, 9.17) is 0 Å². The molecule has 0 fully saturated rings. The van der Waals surface area contributed by atoms with Gasteiger partial charge >= 0.3 is 0 Å². The molecule has 1 aromatic carbocycles. The van der Waals surface area contributed by atoms with E-state index >= 15 is 0 Å². The van der Waals surface area contributed by atoms with E-state index in [0.29, 0.717) is 23.6 Å². The summed E-state index contributed by atoms with van der Waals surface area (Å²) in [6.45, 7) is 15.8. The van der Waals surface area contributed by atoms with E-state index in [1.165, 1.54) is 4.90 Å². The summed E-state index contributed by atoms with van der Waals surface area (Å²) in [6.07, 6.45) is 6.31. The molecule has 2 amide bonds. The van der Waals surface area contributed by atoms with Crippen LogP contribution in [-0.2, 0) is 0 Å². The second kappa shape index (κ2) is 7.77. The Bertz CT molecular complexity index is 652. The largest absolute Gasteiger partial charge is 0.274 e. The highest BCUT2D eigenvalue weighted by Gasteiger charge is 2.35. The third-order valence-electron chi connectivity index (χ3n) is 6.48. The molecule has 1 aliphatic heterocycles. The van der Waals surface area contributed by atoms with Crippen LogP contribution >= 0.6 is 0 Å². The molecule has 142 valence electrons. The fraction of sp³-hybridized carbons (Fsp3) is 0.565. The lowest BCUT2D eigenvalue weighted by Crippen LogP contribution is -2.32. The van der Waals surface area contributed by atoms with Crippen molar-refractivity contribution in [3.05, 3.63) is 48.0 Å². The molecule has 3 nitrogen and oxygen atoms in total. The average Bonchev–Trinajstić information content (AvgIpc) is 2.84. The lowest BCUT2D eigenvalue weighted by molar-refractivity contribution is 0.0645. The normalized spacial score (nSPS) is 16.0. The lowest BCUT2D eigenvalue weighted by Gasteiger charge is -2.40. The monoisotopic (exact) mass is 355 g/mol. The third kappa shape index (κ3) is 4.08. The number of hydrogen-bond donors (Lipinski definition) is 0. The van der Waals surface area contributed by atoms with Gasteiger partial charge in [0.25, 0.3) is 11.8 Å². The van der Waals surface area contributed by atoms with Crippen molar-refractivity contribution in [1.29, 1.82) is 0 Å². The molecule has 3 heteroatoms. The average molecular weight is 356 g/mol. The van der Waals surface area contributed by atoms with Crippen LogP contribution < -0.4 is 0 Å². The zero-order valence-electron chi connectivity index (χ0n) is 17.0. The first-order valence-corrected chi connectivity index (χ1v) is 9.69. The summed E-state index contributed by atoms with van der Waals surface area (Å²) in [5.74, 6) is 0.195. The third-order valence-corrected chi connectivity index (χ3v) is 6.48. The van der Waals surface area contributed by atoms with Gasteiger partial charge in [0.05, 0.1) is 11.1 Å². The molecule has 26 heavy (non-hydrogen) atoms. The first kappa shape index (κ1) is 20.4. The first-order chi connectivity index (χ1) is 12.1. The number of hydrogen-bond acceptors (Lipinski definition) is 2. The molecule has 0 radical (unpaired) electrons. The van der Waals surface area contributed by atoms with Crippen molar-refractivity contribution in [2.24, 2.45) is 16.7 Å². The van der Waals surface area contributed by atoms with Crippen LogP contribution in [0.3, 0.4) is 0 Å². The van der Waals surface area contributed by atoms with Crippen LogP contribution in [-0.4, -0.2) is 23.3 Å². The summed E-state index contributed by atoms with van der Waals surface area (Å²) >= 11 is 0. The Morgan fingerprint density at radius 3 is 2.08 bits per heavy atom. The van der Waals surface area contributed by atoms with Crippen LogP contribution in [0.2, 0.25) is 0 Å². The SMILES string of the molecule is C=CC(C)(C)C(C)(C)CCCC(C)CCN1C(=O)c2ccccc2C1=O. The predicted octanol–water partition coefficient (Wildman–Crippen LogP) is 5.72. The molecule has 0 aromatic heterocycles. The highest BCUT2D eigenvalue weighted by atomic mass is 16.2. The van der Waals surface area contributed by atoms with Gasteiger partial charge in [0.15, 0.2) is 0 Å². The Morgan fingerprint density at radius 2 is 1.58 bits per heavy atom. The van der Waals surface area contributed by atoms with Gasteiger partial charge in [0.1, 0.15) is 0 Å². The van der Waals surface area contributed by atoms with Crippen LogP contribution in [0, 0.1) is 16.7 Å². The summed E-state index contributed by atoms with van der Waals surface area (Å²) in [7, 11) is 0. The summed E-state index contributed by atoms with van der Waals surface area (Å²) in [5, 5.41) is 0. The highest BCUT2D eigenvalue weighted by molar-refractivity contribution is 6.21. The summed E-state index contributed by atoms with van der Waals surface area (Å²) in [6, 6.07) is 7.09. The van der Waals surface area contributed by atoms with Crippen LogP contribution in [0.4, 0.5) is 0 Å². The second-order valence-corrected chi connectivity index (χ2v) is 8.90. The molecule has 0 aliphatic carbocycles. The van der Waals surface area contributed by atoms with Crippen LogP contribution in [0.25, 0.3) is 0 Å². The zero-order valence-corrected chi connectivity index (χ0v) is 17.0. The van der Waals surface area contributed by atoms with Crippen molar-refractivity contribution >= 4 is 11.8 Å². The van der Waals surface area contributed by atoms with Gasteiger partial charge in [-0.25, -0.2) is 0 Å². The first-order valence-electron chi connectivity index (χ1n) is 9.69. The topological polar surface area (TPSA) is 37.4 Å². The maximum absolute atomic E-state index is 12.4. The van der Waals surface area contributed by atoms with Crippen molar-refractivity contribution in [2.75, 3.05) is 6.54 Å². The van der Waals surface area contributed by atoms with Gasteiger partial charge < -0.3 is 0 Å². The number of imide groups is 1. The maximum Gasteiger partial charge on any atom is 0.261 e. The minimum Gasteiger partial charge on any atom is -0.274 e. The van der Waals surface area contributed by atoms with Gasteiger partial charge in [0, 0.05) is 6.54 Å². The molecule has 1 heterocycles. The Kier molecular flexibility index (Phi) is 6.10. The predicted molar refractivity (Wildman–Crippen MR) is 107 cm³/mol.